The third-order valence-electron chi connectivity index (χ3n) is 15.1. The van der Waals surface area contributed by atoms with E-state index in [-0.39, 0.29) is 16.2 Å². The Kier molecular flexibility index (Phi) is 6.97. The fourth-order valence-electron chi connectivity index (χ4n) is 12.6. The van der Waals surface area contributed by atoms with Crippen molar-refractivity contribution in [2.75, 3.05) is 4.90 Å². The molecular formula is C53H51N. The maximum atomic E-state index is 2.55. The fraction of sp³-hybridized carbons (Fsp3) is 0.321. The van der Waals surface area contributed by atoms with Gasteiger partial charge < -0.3 is 4.90 Å². The average Bonchev–Trinajstić information content (AvgIpc) is 3.75. The number of fused-ring (bicyclic) bond motifs is 4. The summed E-state index contributed by atoms with van der Waals surface area (Å²) in [6.07, 6.45) is 8.12. The first-order chi connectivity index (χ1) is 26.2. The lowest BCUT2D eigenvalue weighted by atomic mass is 9.59. The molecule has 6 aliphatic rings. The quantitative estimate of drug-likeness (QED) is 0.173. The van der Waals surface area contributed by atoms with Crippen molar-refractivity contribution in [1.29, 1.82) is 0 Å². The van der Waals surface area contributed by atoms with Crippen molar-refractivity contribution in [2.24, 2.45) is 23.7 Å². The summed E-state index contributed by atoms with van der Waals surface area (Å²) in [5, 5.41) is 0. The van der Waals surface area contributed by atoms with E-state index >= 15 is 0 Å². The second-order valence-electron chi connectivity index (χ2n) is 18.8. The molecule has 54 heavy (non-hydrogen) atoms. The SMILES string of the molecule is CC1(C)CCC(C)(C)c2cc(-c3ccc(N(c4ccc(-c5ccccc5)cc4)c4cccc5c4-c4ccccc4C54C5CC6CC(C5)C4C6)cc3)ccc21. The van der Waals surface area contributed by atoms with Gasteiger partial charge in [0.1, 0.15) is 0 Å². The molecule has 6 aliphatic carbocycles. The van der Waals surface area contributed by atoms with Gasteiger partial charge >= 0.3 is 0 Å². The van der Waals surface area contributed by atoms with Crippen molar-refractivity contribution in [1.82, 2.24) is 0 Å². The van der Waals surface area contributed by atoms with Crippen LogP contribution in [-0.2, 0) is 16.2 Å². The summed E-state index contributed by atoms with van der Waals surface area (Å²) < 4.78 is 0. The summed E-state index contributed by atoms with van der Waals surface area (Å²) in [6.45, 7) is 9.69. The molecule has 0 amide bonds. The van der Waals surface area contributed by atoms with Gasteiger partial charge in [-0.2, -0.15) is 0 Å². The maximum absolute atomic E-state index is 2.55. The second-order valence-corrected chi connectivity index (χ2v) is 18.8. The summed E-state index contributed by atoms with van der Waals surface area (Å²) in [6, 6.07) is 53.6. The van der Waals surface area contributed by atoms with Gasteiger partial charge in [-0.15, -0.1) is 0 Å². The topological polar surface area (TPSA) is 3.24 Å². The van der Waals surface area contributed by atoms with E-state index in [1.54, 1.807) is 11.1 Å². The minimum Gasteiger partial charge on any atom is -0.310 e. The van der Waals surface area contributed by atoms with E-state index in [1.807, 2.05) is 0 Å². The van der Waals surface area contributed by atoms with Crippen LogP contribution in [0.5, 0.6) is 0 Å². The highest BCUT2D eigenvalue weighted by molar-refractivity contribution is 5.96. The van der Waals surface area contributed by atoms with E-state index in [4.69, 9.17) is 0 Å². The number of nitrogens with zero attached hydrogens (tertiary/aromatic N) is 1. The Morgan fingerprint density at radius 1 is 0.481 bits per heavy atom. The molecule has 0 saturated heterocycles. The van der Waals surface area contributed by atoms with Gasteiger partial charge in [0.05, 0.1) is 5.69 Å². The molecular weight excluding hydrogens is 651 g/mol. The molecule has 0 aromatic heterocycles. The van der Waals surface area contributed by atoms with Crippen molar-refractivity contribution in [3.05, 3.63) is 162 Å². The molecule has 1 heteroatoms. The van der Waals surface area contributed by atoms with Gasteiger partial charge in [0.25, 0.3) is 0 Å². The highest BCUT2D eigenvalue weighted by Crippen LogP contribution is 2.73. The Bertz CT molecular complexity index is 2410. The first-order valence-electron chi connectivity index (χ1n) is 20.7. The normalized spacial score (nSPS) is 26.1. The zero-order valence-corrected chi connectivity index (χ0v) is 32.3. The monoisotopic (exact) mass is 701 g/mol. The lowest BCUT2D eigenvalue weighted by Crippen LogP contribution is -2.40. The van der Waals surface area contributed by atoms with Gasteiger partial charge in [-0.25, -0.2) is 0 Å². The highest BCUT2D eigenvalue weighted by atomic mass is 15.1. The number of rotatable bonds is 5. The Labute approximate surface area is 322 Å². The summed E-state index contributed by atoms with van der Waals surface area (Å²) in [4.78, 5) is 2.55. The Morgan fingerprint density at radius 3 is 1.81 bits per heavy atom. The molecule has 12 rings (SSSR count). The van der Waals surface area contributed by atoms with Crippen molar-refractivity contribution in [3.63, 3.8) is 0 Å². The molecule has 6 aromatic rings. The van der Waals surface area contributed by atoms with Gasteiger partial charge in [-0.05, 0) is 153 Å². The van der Waals surface area contributed by atoms with Crippen LogP contribution in [0.3, 0.4) is 0 Å². The van der Waals surface area contributed by atoms with E-state index in [1.165, 1.54) is 100 Å². The predicted molar refractivity (Wildman–Crippen MR) is 226 cm³/mol. The van der Waals surface area contributed by atoms with Crippen LogP contribution >= 0.6 is 0 Å². The summed E-state index contributed by atoms with van der Waals surface area (Å²) >= 11 is 0. The van der Waals surface area contributed by atoms with Crippen LogP contribution < -0.4 is 4.90 Å². The van der Waals surface area contributed by atoms with Crippen LogP contribution in [0.15, 0.2) is 140 Å². The third-order valence-corrected chi connectivity index (χ3v) is 15.1. The molecule has 0 N–H and O–H groups in total. The standard InChI is InChI=1S/C53H51N/c1-51(2)27-28-52(3,4)48-33-38(21-26-45(48)51)37-19-24-42(25-20-37)54(41-22-17-36(18-23-41)35-11-6-5-7-12-35)49-16-10-15-46-50(49)43-13-8-9-14-44(43)53(46)40-30-34-29-39(32-40)47(53)31-34/h5-26,33-34,39-40,47H,27-32H2,1-4H3. The lowest BCUT2D eigenvalue weighted by molar-refractivity contribution is 0.191. The van der Waals surface area contributed by atoms with Crippen molar-refractivity contribution in [2.45, 2.75) is 82.5 Å². The molecule has 0 aliphatic heterocycles. The molecule has 4 bridgehead atoms. The summed E-state index contributed by atoms with van der Waals surface area (Å²) in [5.41, 5.74) is 18.5. The summed E-state index contributed by atoms with van der Waals surface area (Å²) in [7, 11) is 0. The summed E-state index contributed by atoms with van der Waals surface area (Å²) in [5.74, 6) is 3.34. The van der Waals surface area contributed by atoms with Gasteiger partial charge in [0, 0.05) is 22.4 Å². The van der Waals surface area contributed by atoms with Crippen LogP contribution in [0.2, 0.25) is 0 Å². The van der Waals surface area contributed by atoms with E-state index < -0.39 is 0 Å². The molecule has 5 unspecified atom stereocenters. The minimum absolute atomic E-state index is 0.154. The molecule has 0 radical (unpaired) electrons. The van der Waals surface area contributed by atoms with E-state index in [2.05, 4.69) is 172 Å². The second kappa shape index (κ2) is 11.6. The smallest absolute Gasteiger partial charge is 0.0543 e. The Morgan fingerprint density at radius 2 is 1.09 bits per heavy atom. The van der Waals surface area contributed by atoms with Gasteiger partial charge in [0.15, 0.2) is 0 Å². The van der Waals surface area contributed by atoms with E-state index in [0.29, 0.717) is 0 Å². The number of hydrogen-bond acceptors (Lipinski definition) is 1. The van der Waals surface area contributed by atoms with Crippen LogP contribution in [-0.4, -0.2) is 0 Å². The van der Waals surface area contributed by atoms with E-state index in [0.717, 1.165) is 23.7 Å². The van der Waals surface area contributed by atoms with Crippen molar-refractivity contribution in [3.8, 4) is 33.4 Å². The predicted octanol–water partition coefficient (Wildman–Crippen LogP) is 14.2. The average molecular weight is 702 g/mol. The lowest BCUT2D eigenvalue weighted by Gasteiger charge is -2.44. The van der Waals surface area contributed by atoms with Gasteiger partial charge in [0.2, 0.25) is 0 Å². The zero-order valence-electron chi connectivity index (χ0n) is 32.3. The zero-order chi connectivity index (χ0) is 36.4. The molecule has 1 spiro atoms. The van der Waals surface area contributed by atoms with Gasteiger partial charge in [-0.1, -0.05) is 137 Å². The molecule has 0 heterocycles. The number of anilines is 3. The molecule has 268 valence electrons. The van der Waals surface area contributed by atoms with Crippen LogP contribution in [0, 0.1) is 23.7 Å². The molecule has 6 aromatic carbocycles. The molecule has 4 fully saturated rings. The molecule has 4 saturated carbocycles. The number of hydrogen-bond donors (Lipinski definition) is 0. The highest BCUT2D eigenvalue weighted by Gasteiger charge is 2.66. The van der Waals surface area contributed by atoms with Crippen LogP contribution in [0.1, 0.15) is 88.5 Å². The molecule has 5 atom stereocenters. The van der Waals surface area contributed by atoms with Crippen LogP contribution in [0.25, 0.3) is 33.4 Å². The van der Waals surface area contributed by atoms with Crippen molar-refractivity contribution < 1.29 is 0 Å². The maximum Gasteiger partial charge on any atom is 0.0543 e. The van der Waals surface area contributed by atoms with Crippen LogP contribution in [0.4, 0.5) is 17.1 Å². The Balaban J connectivity index is 1.06. The Hall–Kier alpha value is -4.88. The fourth-order valence-corrected chi connectivity index (χ4v) is 12.6. The minimum atomic E-state index is 0.154. The largest absolute Gasteiger partial charge is 0.310 e. The van der Waals surface area contributed by atoms with Crippen molar-refractivity contribution >= 4 is 17.1 Å². The number of benzene rings is 6. The molecule has 1 nitrogen and oxygen atoms in total. The van der Waals surface area contributed by atoms with E-state index in [9.17, 15) is 0 Å². The first kappa shape index (κ1) is 32.5. The van der Waals surface area contributed by atoms with Gasteiger partial charge in [-0.3, -0.25) is 0 Å². The first-order valence-corrected chi connectivity index (χ1v) is 20.7. The third kappa shape index (κ3) is 4.57.